The Labute approximate surface area is 208 Å². The first-order valence-corrected chi connectivity index (χ1v) is 11.3. The van der Waals surface area contributed by atoms with Crippen LogP contribution in [0.3, 0.4) is 0 Å². The molecule has 3 aromatic carbocycles. The van der Waals surface area contributed by atoms with E-state index < -0.39 is 0 Å². The first-order chi connectivity index (χ1) is 17.2. The first-order valence-electron chi connectivity index (χ1n) is 10.5. The van der Waals surface area contributed by atoms with E-state index in [1.807, 2.05) is 78.9 Å². The van der Waals surface area contributed by atoms with Crippen molar-refractivity contribution in [2.24, 2.45) is 12.2 Å². The average Bonchev–Trinajstić information content (AvgIpc) is 3.53. The third kappa shape index (κ3) is 5.25. The summed E-state index contributed by atoms with van der Waals surface area (Å²) in [6.07, 6.45) is 0. The Morgan fingerprint density at radius 2 is 1.71 bits per heavy atom. The Bertz CT molecular complexity index is 1450. The van der Waals surface area contributed by atoms with Gasteiger partial charge in [-0.3, -0.25) is 0 Å². The van der Waals surface area contributed by atoms with Crippen molar-refractivity contribution in [3.05, 3.63) is 101 Å². The number of halogens is 1. The lowest BCUT2D eigenvalue weighted by atomic mass is 10.1. The number of nitrogens with zero attached hydrogens (tertiary/aromatic N) is 7. The van der Waals surface area contributed by atoms with Crippen molar-refractivity contribution in [3.8, 4) is 23.0 Å². The summed E-state index contributed by atoms with van der Waals surface area (Å²) >= 11 is 3.42. The number of ether oxygens (including phenoxy) is 1. The fourth-order valence-electron chi connectivity index (χ4n) is 3.18. The van der Waals surface area contributed by atoms with Gasteiger partial charge in [-0.25, -0.2) is 4.68 Å². The van der Waals surface area contributed by atoms with Crippen LogP contribution in [0.25, 0.3) is 11.5 Å². The fourth-order valence-corrected chi connectivity index (χ4v) is 3.45. The van der Waals surface area contributed by atoms with Gasteiger partial charge < -0.3 is 14.0 Å². The van der Waals surface area contributed by atoms with Crippen LogP contribution >= 0.6 is 15.9 Å². The van der Waals surface area contributed by atoms with E-state index >= 15 is 0 Å². The van der Waals surface area contributed by atoms with E-state index in [9.17, 15) is 0 Å². The summed E-state index contributed by atoms with van der Waals surface area (Å²) in [5.74, 6) is 2.29. The largest absolute Gasteiger partial charge is 0.457 e. The second-order valence-electron chi connectivity index (χ2n) is 7.26. The average molecular weight is 532 g/mol. The van der Waals surface area contributed by atoms with Crippen molar-refractivity contribution in [1.82, 2.24) is 30.4 Å². The molecule has 0 saturated carbocycles. The van der Waals surface area contributed by atoms with Crippen molar-refractivity contribution < 1.29 is 14.0 Å². The highest BCUT2D eigenvalue weighted by molar-refractivity contribution is 9.10. The van der Waals surface area contributed by atoms with E-state index in [0.717, 1.165) is 10.0 Å². The molecule has 0 aliphatic heterocycles. The van der Waals surface area contributed by atoms with Gasteiger partial charge in [0.2, 0.25) is 5.82 Å². The van der Waals surface area contributed by atoms with Gasteiger partial charge in [0.05, 0.1) is 5.56 Å². The highest BCUT2D eigenvalue weighted by Crippen LogP contribution is 2.33. The van der Waals surface area contributed by atoms with Gasteiger partial charge in [-0.05, 0) is 46.8 Å². The van der Waals surface area contributed by atoms with E-state index in [0.29, 0.717) is 34.5 Å². The molecule has 0 spiro atoms. The molecule has 0 unspecified atom stereocenters. The Morgan fingerprint density at radius 1 is 0.943 bits per heavy atom. The summed E-state index contributed by atoms with van der Waals surface area (Å²) in [6, 6.07) is 24.5. The van der Waals surface area contributed by atoms with Crippen LogP contribution in [0.1, 0.15) is 17.3 Å². The Balaban J connectivity index is 1.34. The van der Waals surface area contributed by atoms with Gasteiger partial charge in [0, 0.05) is 17.1 Å². The van der Waals surface area contributed by atoms with Crippen LogP contribution in [0, 0.1) is 0 Å². The van der Waals surface area contributed by atoms with Gasteiger partial charge in [0.1, 0.15) is 11.5 Å². The van der Waals surface area contributed by atoms with Crippen molar-refractivity contribution in [3.63, 3.8) is 0 Å². The molecular formula is C24H18BrN7O3. The number of rotatable bonds is 8. The van der Waals surface area contributed by atoms with Crippen LogP contribution in [0.2, 0.25) is 0 Å². The molecule has 35 heavy (non-hydrogen) atoms. The minimum absolute atomic E-state index is 0.0374. The SMILES string of the molecule is Cn1nnnc1/C(=N\OCc1nnc(-c2ccccc2Oc2ccc(Br)cc2)o1)c1ccccc1. The minimum atomic E-state index is -0.0374. The molecule has 2 heterocycles. The molecule has 0 aliphatic carbocycles. The van der Waals surface area contributed by atoms with Gasteiger partial charge >= 0.3 is 0 Å². The standard InChI is InChI=1S/C24H18BrN7O3/c1-32-23(27-30-31-32)22(16-7-3-2-4-8-16)29-33-15-21-26-28-24(35-21)19-9-5-6-10-20(19)34-18-13-11-17(25)12-14-18/h2-14H,15H2,1H3/b29-22-. The second-order valence-corrected chi connectivity index (χ2v) is 8.17. The molecule has 11 heteroatoms. The quantitative estimate of drug-likeness (QED) is 0.207. The molecule has 0 fully saturated rings. The molecule has 10 nitrogen and oxygen atoms in total. The number of tetrazole rings is 1. The number of hydrogen-bond acceptors (Lipinski definition) is 9. The van der Waals surface area contributed by atoms with Crippen LogP contribution in [0.15, 0.2) is 92.9 Å². The summed E-state index contributed by atoms with van der Waals surface area (Å²) < 4.78 is 14.3. The lowest BCUT2D eigenvalue weighted by molar-refractivity contribution is 0.111. The molecule has 0 N–H and O–H groups in total. The van der Waals surface area contributed by atoms with Crippen molar-refractivity contribution in [1.29, 1.82) is 0 Å². The minimum Gasteiger partial charge on any atom is -0.457 e. The number of aromatic nitrogens is 6. The summed E-state index contributed by atoms with van der Waals surface area (Å²) in [7, 11) is 1.73. The summed E-state index contributed by atoms with van der Waals surface area (Å²) in [4.78, 5) is 5.55. The number of aryl methyl sites for hydroxylation is 1. The van der Waals surface area contributed by atoms with Crippen molar-refractivity contribution in [2.75, 3.05) is 0 Å². The first kappa shape index (κ1) is 22.4. The number of hydrogen-bond donors (Lipinski definition) is 0. The third-order valence-corrected chi connectivity index (χ3v) is 5.38. The predicted octanol–water partition coefficient (Wildman–Crippen LogP) is 4.78. The highest BCUT2D eigenvalue weighted by atomic mass is 79.9. The van der Waals surface area contributed by atoms with Crippen LogP contribution in [-0.2, 0) is 18.5 Å². The lowest BCUT2D eigenvalue weighted by Crippen LogP contribution is -2.12. The van der Waals surface area contributed by atoms with Crippen molar-refractivity contribution >= 4 is 21.6 Å². The van der Waals surface area contributed by atoms with Crippen LogP contribution in [-0.4, -0.2) is 36.1 Å². The molecule has 0 radical (unpaired) electrons. The van der Waals surface area contributed by atoms with Gasteiger partial charge in [-0.2, -0.15) is 0 Å². The van der Waals surface area contributed by atoms with E-state index in [4.69, 9.17) is 14.0 Å². The zero-order valence-electron chi connectivity index (χ0n) is 18.4. The van der Waals surface area contributed by atoms with Crippen LogP contribution in [0.5, 0.6) is 11.5 Å². The van der Waals surface area contributed by atoms with Crippen LogP contribution in [0.4, 0.5) is 0 Å². The topological polar surface area (TPSA) is 113 Å². The highest BCUT2D eigenvalue weighted by Gasteiger charge is 2.17. The fraction of sp³-hybridized carbons (Fsp3) is 0.0833. The lowest BCUT2D eigenvalue weighted by Gasteiger charge is -2.08. The van der Waals surface area contributed by atoms with Crippen LogP contribution < -0.4 is 4.74 Å². The Hall–Kier alpha value is -4.38. The molecule has 0 amide bonds. The van der Waals surface area contributed by atoms with Gasteiger partial charge in [0.25, 0.3) is 11.8 Å². The molecular weight excluding hydrogens is 514 g/mol. The molecule has 0 aliphatic rings. The summed E-state index contributed by atoms with van der Waals surface area (Å²) in [5.41, 5.74) is 1.94. The monoisotopic (exact) mass is 531 g/mol. The zero-order chi connectivity index (χ0) is 24.0. The molecule has 2 aromatic heterocycles. The molecule has 5 rings (SSSR count). The second kappa shape index (κ2) is 10.3. The molecule has 0 atom stereocenters. The third-order valence-electron chi connectivity index (χ3n) is 4.85. The van der Waals surface area contributed by atoms with E-state index in [2.05, 4.69) is 46.8 Å². The van der Waals surface area contributed by atoms with E-state index in [-0.39, 0.29) is 12.5 Å². The summed E-state index contributed by atoms with van der Waals surface area (Å²) in [6.45, 7) is -0.0374. The van der Waals surface area contributed by atoms with Gasteiger partial charge in [0.15, 0.2) is 12.3 Å². The maximum atomic E-state index is 6.02. The maximum Gasteiger partial charge on any atom is 0.257 e. The van der Waals surface area contributed by atoms with E-state index in [1.165, 1.54) is 4.68 Å². The molecule has 5 aromatic rings. The van der Waals surface area contributed by atoms with Gasteiger partial charge in [-0.15, -0.1) is 15.3 Å². The predicted molar refractivity (Wildman–Crippen MR) is 130 cm³/mol. The number of oxime groups is 1. The number of para-hydroxylation sites is 1. The van der Waals surface area contributed by atoms with Crippen molar-refractivity contribution in [2.45, 2.75) is 6.61 Å². The Morgan fingerprint density at radius 3 is 2.49 bits per heavy atom. The molecule has 174 valence electrons. The van der Waals surface area contributed by atoms with Gasteiger partial charge in [-0.1, -0.05) is 63.6 Å². The van der Waals surface area contributed by atoms with E-state index in [1.54, 1.807) is 7.05 Å². The number of benzene rings is 3. The molecule has 0 bridgehead atoms. The molecule has 0 saturated heterocycles. The smallest absolute Gasteiger partial charge is 0.257 e. The zero-order valence-corrected chi connectivity index (χ0v) is 20.0. The maximum absolute atomic E-state index is 6.02. The normalized spacial score (nSPS) is 11.4. The summed E-state index contributed by atoms with van der Waals surface area (Å²) in [5, 5.41) is 24.1. The Kier molecular flexibility index (Phi) is 6.57.